The van der Waals surface area contributed by atoms with E-state index in [4.69, 9.17) is 21.1 Å². The van der Waals surface area contributed by atoms with E-state index in [1.165, 1.54) is 29.2 Å². The van der Waals surface area contributed by atoms with Crippen LogP contribution >= 0.6 is 11.6 Å². The fraction of sp³-hybridized carbons (Fsp3) is 0.0833. The van der Waals surface area contributed by atoms with E-state index in [-0.39, 0.29) is 17.4 Å². The number of rotatable bonds is 5. The molecule has 0 radical (unpaired) electrons. The second kappa shape index (κ2) is 8.62. The summed E-state index contributed by atoms with van der Waals surface area (Å²) in [5.41, 5.74) is 2.18. The number of carbonyl (C=O) groups excluding carboxylic acids is 1. The van der Waals surface area contributed by atoms with Gasteiger partial charge in [-0.05, 0) is 72.3 Å². The summed E-state index contributed by atoms with van der Waals surface area (Å²) in [5, 5.41) is 0.572. The Hall–Kier alpha value is -3.64. The van der Waals surface area contributed by atoms with Crippen molar-refractivity contribution in [2.24, 2.45) is 4.99 Å². The zero-order valence-corrected chi connectivity index (χ0v) is 17.6. The molecule has 0 saturated carbocycles. The lowest BCUT2D eigenvalue weighted by molar-refractivity contribution is -0.113. The van der Waals surface area contributed by atoms with Crippen molar-refractivity contribution in [2.45, 2.75) is 0 Å². The number of amides is 1. The van der Waals surface area contributed by atoms with Crippen molar-refractivity contribution in [3.8, 4) is 11.5 Å². The number of ether oxygens (including phenoxy) is 2. The monoisotopic (exact) mass is 436 g/mol. The molecule has 0 spiro atoms. The molecular weight excluding hydrogens is 419 g/mol. The lowest BCUT2D eigenvalue weighted by atomic mass is 10.1. The van der Waals surface area contributed by atoms with Gasteiger partial charge in [0.2, 0.25) is 0 Å². The lowest BCUT2D eigenvalue weighted by Gasteiger charge is -2.18. The zero-order valence-electron chi connectivity index (χ0n) is 16.8. The number of hydrogen-bond donors (Lipinski definition) is 0. The van der Waals surface area contributed by atoms with Crippen LogP contribution in [-0.4, -0.2) is 26.0 Å². The average Bonchev–Trinajstić information content (AvgIpc) is 3.10. The van der Waals surface area contributed by atoms with Gasteiger partial charge in [0.15, 0.2) is 11.5 Å². The van der Waals surface area contributed by atoms with E-state index in [2.05, 4.69) is 4.99 Å². The summed E-state index contributed by atoms with van der Waals surface area (Å²) >= 11 is 6.01. The molecule has 156 valence electrons. The van der Waals surface area contributed by atoms with Crippen molar-refractivity contribution in [1.29, 1.82) is 0 Å². The van der Waals surface area contributed by atoms with Gasteiger partial charge in [-0.2, -0.15) is 0 Å². The molecule has 3 aromatic rings. The molecule has 5 nitrogen and oxygen atoms in total. The molecule has 0 N–H and O–H groups in total. The van der Waals surface area contributed by atoms with Gasteiger partial charge in [0.05, 0.1) is 19.9 Å². The fourth-order valence-electron chi connectivity index (χ4n) is 3.24. The first-order valence-electron chi connectivity index (χ1n) is 9.38. The van der Waals surface area contributed by atoms with E-state index in [1.807, 2.05) is 0 Å². The van der Waals surface area contributed by atoms with Crippen molar-refractivity contribution >= 4 is 35.1 Å². The van der Waals surface area contributed by atoms with Crippen LogP contribution in [0.5, 0.6) is 11.5 Å². The maximum Gasteiger partial charge on any atom is 0.282 e. The molecule has 0 aromatic heterocycles. The van der Waals surface area contributed by atoms with Gasteiger partial charge in [-0.3, -0.25) is 9.69 Å². The molecular formula is C24H18ClFN2O3. The Labute approximate surface area is 184 Å². The number of carbonyl (C=O) groups is 1. The molecule has 1 aliphatic rings. The molecule has 0 aliphatic carbocycles. The highest BCUT2D eigenvalue weighted by Crippen LogP contribution is 2.31. The molecule has 3 aromatic carbocycles. The SMILES string of the molecule is COc1ccc(/C=C2/N=C(c3ccc(Cl)cc3)N(c3ccc(F)cc3)C2=O)cc1OC. The number of amidine groups is 1. The minimum absolute atomic E-state index is 0.237. The van der Waals surface area contributed by atoms with E-state index >= 15 is 0 Å². The Bertz CT molecular complexity index is 1190. The maximum atomic E-state index is 13.5. The van der Waals surface area contributed by atoms with Crippen molar-refractivity contribution < 1.29 is 18.7 Å². The number of benzene rings is 3. The summed E-state index contributed by atoms with van der Waals surface area (Å²) in [4.78, 5) is 19.3. The van der Waals surface area contributed by atoms with E-state index in [1.54, 1.807) is 62.8 Å². The average molecular weight is 437 g/mol. The van der Waals surface area contributed by atoms with Gasteiger partial charge in [0, 0.05) is 10.6 Å². The molecule has 4 rings (SSSR count). The standard InChI is InChI=1S/C24H18ClFN2O3/c1-30-21-12-3-15(14-22(21)31-2)13-20-24(29)28(19-10-8-18(26)9-11-19)23(27-20)16-4-6-17(25)7-5-16/h3-14H,1-2H3/b20-13+. The second-order valence-corrected chi connectivity index (χ2v) is 7.14. The molecule has 1 amide bonds. The van der Waals surface area contributed by atoms with E-state index in [0.29, 0.717) is 33.6 Å². The first kappa shape index (κ1) is 20.6. The summed E-state index contributed by atoms with van der Waals surface area (Å²) in [7, 11) is 3.10. The maximum absolute atomic E-state index is 13.5. The van der Waals surface area contributed by atoms with E-state index in [9.17, 15) is 9.18 Å². The molecule has 0 fully saturated rings. The number of anilines is 1. The summed E-state index contributed by atoms with van der Waals surface area (Å²) < 4.78 is 24.1. The summed E-state index contributed by atoms with van der Waals surface area (Å²) in [6.07, 6.45) is 1.67. The quantitative estimate of drug-likeness (QED) is 0.508. The third-order valence-corrected chi connectivity index (χ3v) is 5.01. The molecule has 31 heavy (non-hydrogen) atoms. The van der Waals surface area contributed by atoms with Crippen LogP contribution in [0.3, 0.4) is 0 Å². The second-order valence-electron chi connectivity index (χ2n) is 6.70. The van der Waals surface area contributed by atoms with Crippen LogP contribution < -0.4 is 14.4 Å². The van der Waals surface area contributed by atoms with Gasteiger partial charge in [-0.1, -0.05) is 17.7 Å². The van der Waals surface area contributed by atoms with Crippen LogP contribution in [0.25, 0.3) is 6.08 Å². The Kier molecular flexibility index (Phi) is 5.73. The smallest absolute Gasteiger partial charge is 0.282 e. The van der Waals surface area contributed by atoms with Crippen LogP contribution in [0.1, 0.15) is 11.1 Å². The van der Waals surface area contributed by atoms with Gasteiger partial charge in [-0.15, -0.1) is 0 Å². The van der Waals surface area contributed by atoms with Gasteiger partial charge in [-0.25, -0.2) is 9.38 Å². The predicted octanol–water partition coefficient (Wildman–Crippen LogP) is 5.33. The Morgan fingerprint density at radius 3 is 2.26 bits per heavy atom. The highest BCUT2D eigenvalue weighted by molar-refractivity contribution is 6.34. The molecule has 0 unspecified atom stereocenters. The summed E-state index contributed by atoms with van der Waals surface area (Å²) in [6, 6.07) is 18.0. The van der Waals surface area contributed by atoms with Crippen LogP contribution in [-0.2, 0) is 4.79 Å². The van der Waals surface area contributed by atoms with Gasteiger partial charge in [0.25, 0.3) is 5.91 Å². The third kappa shape index (κ3) is 4.15. The minimum Gasteiger partial charge on any atom is -0.493 e. The lowest BCUT2D eigenvalue weighted by Crippen LogP contribution is -2.32. The van der Waals surface area contributed by atoms with Crippen molar-refractivity contribution in [2.75, 3.05) is 19.1 Å². The molecule has 7 heteroatoms. The first-order chi connectivity index (χ1) is 15.0. The van der Waals surface area contributed by atoms with Gasteiger partial charge in [0.1, 0.15) is 17.3 Å². The van der Waals surface area contributed by atoms with Crippen LogP contribution in [0.2, 0.25) is 5.02 Å². The topological polar surface area (TPSA) is 51.1 Å². The van der Waals surface area contributed by atoms with Crippen molar-refractivity contribution in [3.05, 3.63) is 94.4 Å². The Morgan fingerprint density at radius 2 is 1.61 bits per heavy atom. The fourth-order valence-corrected chi connectivity index (χ4v) is 3.37. The van der Waals surface area contributed by atoms with Crippen LogP contribution in [0.4, 0.5) is 10.1 Å². The van der Waals surface area contributed by atoms with Gasteiger partial charge >= 0.3 is 0 Å². The molecule has 0 bridgehead atoms. The van der Waals surface area contributed by atoms with E-state index in [0.717, 1.165) is 5.56 Å². The first-order valence-corrected chi connectivity index (χ1v) is 9.76. The summed E-state index contributed by atoms with van der Waals surface area (Å²) in [6.45, 7) is 0. The molecule has 1 aliphatic heterocycles. The number of methoxy groups -OCH3 is 2. The largest absolute Gasteiger partial charge is 0.493 e. The van der Waals surface area contributed by atoms with E-state index < -0.39 is 0 Å². The van der Waals surface area contributed by atoms with Crippen molar-refractivity contribution in [1.82, 2.24) is 0 Å². The van der Waals surface area contributed by atoms with Crippen LogP contribution in [0.15, 0.2) is 77.4 Å². The third-order valence-electron chi connectivity index (χ3n) is 4.76. The highest BCUT2D eigenvalue weighted by Gasteiger charge is 2.32. The number of hydrogen-bond acceptors (Lipinski definition) is 4. The summed E-state index contributed by atoms with van der Waals surface area (Å²) in [5.74, 6) is 0.841. The highest BCUT2D eigenvalue weighted by atomic mass is 35.5. The number of nitrogens with zero attached hydrogens (tertiary/aromatic N) is 2. The Morgan fingerprint density at radius 1 is 0.935 bits per heavy atom. The number of halogens is 2. The van der Waals surface area contributed by atoms with Gasteiger partial charge < -0.3 is 9.47 Å². The number of aliphatic imine (C=N–C) groups is 1. The predicted molar refractivity (Wildman–Crippen MR) is 119 cm³/mol. The molecule has 0 saturated heterocycles. The molecule has 1 heterocycles. The molecule has 0 atom stereocenters. The Balaban J connectivity index is 1.80. The van der Waals surface area contributed by atoms with Crippen molar-refractivity contribution in [3.63, 3.8) is 0 Å². The van der Waals surface area contributed by atoms with Crippen LogP contribution in [0, 0.1) is 5.82 Å². The normalized spacial score (nSPS) is 14.7. The minimum atomic E-state index is -0.388. The zero-order chi connectivity index (χ0) is 22.0.